The fourth-order valence-corrected chi connectivity index (χ4v) is 4.33. The number of aliphatic imine (C=N–C) groups is 1. The lowest BCUT2D eigenvalue weighted by Crippen LogP contribution is -2.11. The average molecular weight is 623 g/mol. The van der Waals surface area contributed by atoms with Gasteiger partial charge in [-0.25, -0.2) is 8.78 Å². The number of allylic oxidation sites excluding steroid dienone is 1. The van der Waals surface area contributed by atoms with Gasteiger partial charge in [0.25, 0.3) is 12.5 Å². The second-order valence-electron chi connectivity index (χ2n) is 9.82. The van der Waals surface area contributed by atoms with Gasteiger partial charge in [0, 0.05) is 18.0 Å². The summed E-state index contributed by atoms with van der Waals surface area (Å²) in [5.74, 6) is -1.04. The summed E-state index contributed by atoms with van der Waals surface area (Å²) in [7, 11) is 0. The number of fused-ring (bicyclic) bond motifs is 1. The highest BCUT2D eigenvalue weighted by atomic mass is 19.4. The van der Waals surface area contributed by atoms with Gasteiger partial charge in [0.05, 0.1) is 11.1 Å². The van der Waals surface area contributed by atoms with Gasteiger partial charge in [0.1, 0.15) is 23.6 Å². The molecule has 0 saturated heterocycles. The molecule has 12 heteroatoms. The van der Waals surface area contributed by atoms with E-state index in [1.165, 1.54) is 12.1 Å². The van der Waals surface area contributed by atoms with Crippen molar-refractivity contribution in [3.63, 3.8) is 0 Å². The van der Waals surface area contributed by atoms with Crippen LogP contribution >= 0.6 is 0 Å². The maximum absolute atomic E-state index is 15.5. The van der Waals surface area contributed by atoms with Gasteiger partial charge in [-0.1, -0.05) is 54.6 Å². The van der Waals surface area contributed by atoms with Crippen LogP contribution in [0, 0.1) is 25.5 Å². The van der Waals surface area contributed by atoms with Crippen LogP contribution in [0.25, 0.3) is 39.0 Å². The van der Waals surface area contributed by atoms with Crippen molar-refractivity contribution in [3.8, 4) is 34.0 Å². The SMILES string of the molecule is Cc1ccc(Oc2nc3c(F)c(-c4ccc(-c5ccc(/C(N)=C/C=NCC(F)(F)F)cc5)cc4)c(F)cc3[nH]2)cc1C.O=CO. The Labute approximate surface area is 254 Å². The molecule has 1 heterocycles. The summed E-state index contributed by atoms with van der Waals surface area (Å²) in [6, 6.07) is 20.4. The highest BCUT2D eigenvalue weighted by Crippen LogP contribution is 2.34. The number of benzene rings is 4. The molecule has 7 nitrogen and oxygen atoms in total. The lowest BCUT2D eigenvalue weighted by atomic mass is 9.98. The van der Waals surface area contributed by atoms with Gasteiger partial charge >= 0.3 is 6.18 Å². The van der Waals surface area contributed by atoms with Crippen molar-refractivity contribution in [2.24, 2.45) is 10.7 Å². The number of rotatable bonds is 7. The van der Waals surface area contributed by atoms with Crippen molar-refractivity contribution in [3.05, 3.63) is 107 Å². The lowest BCUT2D eigenvalue weighted by molar-refractivity contribution is -0.123. The zero-order chi connectivity index (χ0) is 32.7. The van der Waals surface area contributed by atoms with Crippen LogP contribution in [0.15, 0.2) is 83.9 Å². The first-order chi connectivity index (χ1) is 21.4. The van der Waals surface area contributed by atoms with E-state index >= 15 is 8.78 Å². The van der Waals surface area contributed by atoms with Gasteiger partial charge in [-0.3, -0.25) is 9.79 Å². The number of aromatic amines is 1. The maximum Gasteiger partial charge on any atom is 0.407 e. The standard InChI is InChI=1S/C32H25F5N4O.CH2O2/c1-18-3-12-24(15-19(18)2)42-31-40-27-16-25(33)28(29(34)30(27)41-31)23-10-6-21(7-11-23)20-4-8-22(9-5-20)26(38)13-14-39-17-32(35,36)37;2-1-3/h3-16H,17,38H2,1-2H3,(H,40,41);1H,(H,2,3)/b26-13-,39-14?;. The summed E-state index contributed by atoms with van der Waals surface area (Å²) in [6.07, 6.45) is -2.06. The van der Waals surface area contributed by atoms with E-state index in [1.807, 2.05) is 26.0 Å². The fourth-order valence-electron chi connectivity index (χ4n) is 4.33. The van der Waals surface area contributed by atoms with Crippen LogP contribution in [0.2, 0.25) is 0 Å². The number of hydrogen-bond donors (Lipinski definition) is 3. The Hall–Kier alpha value is -5.52. The summed E-state index contributed by atoms with van der Waals surface area (Å²) in [5, 5.41) is 6.89. The fraction of sp³-hybridized carbons (Fsp3) is 0.121. The number of aromatic nitrogens is 2. The zero-order valence-electron chi connectivity index (χ0n) is 24.0. The molecule has 0 amide bonds. The van der Waals surface area contributed by atoms with Gasteiger partial charge in [0.15, 0.2) is 5.82 Å². The molecule has 45 heavy (non-hydrogen) atoms. The van der Waals surface area contributed by atoms with Crippen molar-refractivity contribution >= 4 is 29.4 Å². The smallest absolute Gasteiger partial charge is 0.407 e. The molecule has 232 valence electrons. The van der Waals surface area contributed by atoms with E-state index in [4.69, 9.17) is 20.4 Å². The van der Waals surface area contributed by atoms with Gasteiger partial charge in [0.2, 0.25) is 0 Å². The number of nitrogens with one attached hydrogen (secondary N) is 1. The number of alkyl halides is 3. The number of hydrogen-bond acceptors (Lipinski definition) is 5. The molecule has 0 bridgehead atoms. The Morgan fingerprint density at radius 3 is 2.16 bits per heavy atom. The monoisotopic (exact) mass is 622 g/mol. The van der Waals surface area contributed by atoms with Crippen LogP contribution in [0.4, 0.5) is 22.0 Å². The van der Waals surface area contributed by atoms with Gasteiger partial charge in [-0.2, -0.15) is 18.2 Å². The Balaban J connectivity index is 0.00000148. The number of nitrogens with two attached hydrogens (primary N) is 1. The number of H-pyrrole nitrogens is 1. The van der Waals surface area contributed by atoms with Crippen LogP contribution in [0.5, 0.6) is 11.8 Å². The number of imidazole rings is 1. The van der Waals surface area contributed by atoms with E-state index < -0.39 is 24.4 Å². The number of aryl methyl sites for hydroxylation is 2. The highest BCUT2D eigenvalue weighted by molar-refractivity contribution is 5.85. The molecule has 4 N–H and O–H groups in total. The Morgan fingerprint density at radius 2 is 1.56 bits per heavy atom. The van der Waals surface area contributed by atoms with Crippen LogP contribution < -0.4 is 10.5 Å². The summed E-state index contributed by atoms with van der Waals surface area (Å²) >= 11 is 0. The molecule has 0 atom stereocenters. The summed E-state index contributed by atoms with van der Waals surface area (Å²) in [4.78, 5) is 18.7. The van der Waals surface area contributed by atoms with Gasteiger partial charge < -0.3 is 20.6 Å². The van der Waals surface area contributed by atoms with E-state index in [0.717, 1.165) is 28.5 Å². The van der Waals surface area contributed by atoms with Crippen molar-refractivity contribution in [1.82, 2.24) is 9.97 Å². The summed E-state index contributed by atoms with van der Waals surface area (Å²) < 4.78 is 73.0. The molecule has 0 saturated carbocycles. The first-order valence-electron chi connectivity index (χ1n) is 13.3. The van der Waals surface area contributed by atoms with Crippen molar-refractivity contribution < 1.29 is 36.6 Å². The first kappa shape index (κ1) is 32.4. The number of halogens is 5. The van der Waals surface area contributed by atoms with Crippen molar-refractivity contribution in [1.29, 1.82) is 0 Å². The van der Waals surface area contributed by atoms with Crippen molar-refractivity contribution in [2.45, 2.75) is 20.0 Å². The molecule has 5 rings (SSSR count). The summed E-state index contributed by atoms with van der Waals surface area (Å²) in [5.41, 5.74) is 10.8. The third-order valence-electron chi connectivity index (χ3n) is 6.70. The average Bonchev–Trinajstić information content (AvgIpc) is 3.40. The predicted octanol–water partition coefficient (Wildman–Crippen LogP) is 8.22. The van der Waals surface area contributed by atoms with Gasteiger partial charge in [-0.15, -0.1) is 0 Å². The molecule has 0 fully saturated rings. The molecule has 0 aliphatic heterocycles. The molecule has 0 aliphatic carbocycles. The van der Waals surface area contributed by atoms with E-state index in [9.17, 15) is 13.2 Å². The molecule has 4 aromatic carbocycles. The number of carboxylic acid groups (broad SMARTS) is 1. The molecule has 0 unspecified atom stereocenters. The molecular formula is C33H27F5N4O3. The minimum atomic E-state index is -4.38. The quantitative estimate of drug-likeness (QED) is 0.0962. The molecule has 5 aromatic rings. The normalized spacial score (nSPS) is 11.8. The van der Waals surface area contributed by atoms with Crippen molar-refractivity contribution in [2.75, 3.05) is 6.54 Å². The van der Waals surface area contributed by atoms with Crippen LogP contribution in [-0.2, 0) is 4.79 Å². The van der Waals surface area contributed by atoms with E-state index in [1.54, 1.807) is 54.6 Å². The Kier molecular flexibility index (Phi) is 9.97. The molecule has 1 aromatic heterocycles. The van der Waals surface area contributed by atoms with Crippen LogP contribution in [0.1, 0.15) is 16.7 Å². The predicted molar refractivity (Wildman–Crippen MR) is 163 cm³/mol. The minimum absolute atomic E-state index is 0.0426. The Bertz CT molecular complexity index is 1860. The minimum Gasteiger partial charge on any atom is -0.483 e. The first-order valence-corrected chi connectivity index (χ1v) is 13.3. The summed E-state index contributed by atoms with van der Waals surface area (Å²) in [6.45, 7) is 2.39. The largest absolute Gasteiger partial charge is 0.483 e. The number of nitrogens with zero attached hydrogens (tertiary/aromatic N) is 2. The van der Waals surface area contributed by atoms with E-state index in [2.05, 4.69) is 15.0 Å². The zero-order valence-corrected chi connectivity index (χ0v) is 24.0. The molecule has 0 spiro atoms. The van der Waals surface area contributed by atoms with Crippen LogP contribution in [0.3, 0.4) is 0 Å². The molecule has 0 radical (unpaired) electrons. The second kappa shape index (κ2) is 13.8. The number of ether oxygens (including phenoxy) is 1. The molecule has 0 aliphatic rings. The van der Waals surface area contributed by atoms with E-state index in [-0.39, 0.29) is 34.8 Å². The lowest BCUT2D eigenvalue weighted by Gasteiger charge is -2.08. The van der Waals surface area contributed by atoms with Crippen LogP contribution in [-0.4, -0.2) is 40.5 Å². The third kappa shape index (κ3) is 8.11. The topological polar surface area (TPSA) is 114 Å². The Morgan fingerprint density at radius 1 is 0.956 bits per heavy atom. The highest BCUT2D eigenvalue weighted by Gasteiger charge is 2.25. The third-order valence-corrected chi connectivity index (χ3v) is 6.70. The molecular weight excluding hydrogens is 595 g/mol. The second-order valence-corrected chi connectivity index (χ2v) is 9.82. The van der Waals surface area contributed by atoms with Gasteiger partial charge in [-0.05, 0) is 65.4 Å². The number of carbonyl (C=O) groups is 1. The van der Waals surface area contributed by atoms with E-state index in [0.29, 0.717) is 16.9 Å². The maximum atomic E-state index is 15.5.